The molecule has 0 aliphatic rings. The zero-order valence-electron chi connectivity index (χ0n) is 14.9. The Morgan fingerprint density at radius 1 is 1.28 bits per heavy atom. The second-order valence-corrected chi connectivity index (χ2v) is 5.73. The standard InChI is InChI=1S/C20H22N4O/c1-15(21-2)20(24(3)4)23-19-13-16(8-10-17(19)14-25)9-11-18-7-5-6-12-22-18/h5-8,10,12-15,21H,1-4H3. The van der Waals surface area contributed by atoms with Gasteiger partial charge >= 0.3 is 0 Å². The smallest absolute Gasteiger partial charge is 0.152 e. The Hall–Kier alpha value is -2.97. The Labute approximate surface area is 148 Å². The monoisotopic (exact) mass is 334 g/mol. The number of hydrogen-bond acceptors (Lipinski definition) is 4. The largest absolute Gasteiger partial charge is 0.365 e. The van der Waals surface area contributed by atoms with Crippen LogP contribution < -0.4 is 5.32 Å². The molecule has 0 amide bonds. The summed E-state index contributed by atoms with van der Waals surface area (Å²) in [5.41, 5.74) is 2.62. The number of carbonyl (C=O) groups is 1. The number of nitrogens with zero attached hydrogens (tertiary/aromatic N) is 3. The summed E-state index contributed by atoms with van der Waals surface area (Å²) in [5, 5.41) is 3.17. The highest BCUT2D eigenvalue weighted by molar-refractivity contribution is 5.92. The third kappa shape index (κ3) is 5.00. The number of benzene rings is 1. The maximum Gasteiger partial charge on any atom is 0.152 e. The van der Waals surface area contributed by atoms with Crippen molar-refractivity contribution in [2.45, 2.75) is 13.0 Å². The number of rotatable bonds is 4. The van der Waals surface area contributed by atoms with Gasteiger partial charge in [-0.3, -0.25) is 4.79 Å². The number of nitrogens with one attached hydrogen (secondary N) is 1. The van der Waals surface area contributed by atoms with E-state index in [0.29, 0.717) is 16.9 Å². The lowest BCUT2D eigenvalue weighted by atomic mass is 10.1. The quantitative estimate of drug-likeness (QED) is 0.404. The van der Waals surface area contributed by atoms with Crippen molar-refractivity contribution in [2.24, 2.45) is 4.99 Å². The van der Waals surface area contributed by atoms with Gasteiger partial charge in [-0.2, -0.15) is 0 Å². The topological polar surface area (TPSA) is 57.6 Å². The van der Waals surface area contributed by atoms with Gasteiger partial charge in [0.25, 0.3) is 0 Å². The Bertz CT molecular complexity index is 817. The first kappa shape index (κ1) is 18.4. The highest BCUT2D eigenvalue weighted by Crippen LogP contribution is 2.20. The summed E-state index contributed by atoms with van der Waals surface area (Å²) in [6.07, 6.45) is 2.52. The molecule has 0 fully saturated rings. The lowest BCUT2D eigenvalue weighted by molar-refractivity contribution is 0.112. The lowest BCUT2D eigenvalue weighted by Gasteiger charge is -2.21. The average Bonchev–Trinajstić information content (AvgIpc) is 2.64. The normalized spacial score (nSPS) is 12.1. The van der Waals surface area contributed by atoms with Crippen molar-refractivity contribution in [2.75, 3.05) is 21.1 Å². The molecule has 5 heteroatoms. The fraction of sp³-hybridized carbons (Fsp3) is 0.250. The molecule has 1 unspecified atom stereocenters. The molecule has 2 rings (SSSR count). The van der Waals surface area contributed by atoms with Crippen molar-refractivity contribution in [3.05, 3.63) is 59.4 Å². The third-order valence-electron chi connectivity index (χ3n) is 3.67. The van der Waals surface area contributed by atoms with Crippen molar-refractivity contribution >= 4 is 17.8 Å². The molecule has 0 bridgehead atoms. The summed E-state index contributed by atoms with van der Waals surface area (Å²) in [7, 11) is 5.73. The molecule has 5 nitrogen and oxygen atoms in total. The molecular formula is C20H22N4O. The molecule has 1 aromatic carbocycles. The van der Waals surface area contributed by atoms with Crippen LogP contribution in [0.1, 0.15) is 28.5 Å². The molecular weight excluding hydrogens is 312 g/mol. The number of aromatic nitrogens is 1. The Kier molecular flexibility index (Phi) is 6.44. The zero-order chi connectivity index (χ0) is 18.2. The second-order valence-electron chi connectivity index (χ2n) is 5.73. The fourth-order valence-electron chi connectivity index (χ4n) is 2.23. The maximum atomic E-state index is 11.4. The van der Waals surface area contributed by atoms with E-state index in [-0.39, 0.29) is 6.04 Å². The van der Waals surface area contributed by atoms with Crippen LogP contribution in [0, 0.1) is 11.8 Å². The van der Waals surface area contributed by atoms with Gasteiger partial charge in [0.05, 0.1) is 11.7 Å². The second kappa shape index (κ2) is 8.76. The van der Waals surface area contributed by atoms with Crippen LogP contribution in [0.2, 0.25) is 0 Å². The summed E-state index contributed by atoms with van der Waals surface area (Å²) in [6, 6.07) is 11.0. The molecule has 0 aliphatic heterocycles. The number of pyridine rings is 1. The summed E-state index contributed by atoms with van der Waals surface area (Å²) in [5.74, 6) is 6.92. The third-order valence-corrected chi connectivity index (χ3v) is 3.67. The van der Waals surface area contributed by atoms with E-state index in [9.17, 15) is 4.79 Å². The van der Waals surface area contributed by atoms with Crippen LogP contribution in [0.25, 0.3) is 0 Å². The summed E-state index contributed by atoms with van der Waals surface area (Å²) in [4.78, 5) is 22.2. The molecule has 1 N–H and O–H groups in total. The molecule has 25 heavy (non-hydrogen) atoms. The molecule has 0 spiro atoms. The first-order chi connectivity index (χ1) is 12.0. The summed E-state index contributed by atoms with van der Waals surface area (Å²) in [6.45, 7) is 2.02. The first-order valence-electron chi connectivity index (χ1n) is 8.00. The Morgan fingerprint density at radius 3 is 2.68 bits per heavy atom. The molecule has 0 aliphatic carbocycles. The highest BCUT2D eigenvalue weighted by Gasteiger charge is 2.12. The zero-order valence-corrected chi connectivity index (χ0v) is 14.9. The van der Waals surface area contributed by atoms with Crippen molar-refractivity contribution in [3.63, 3.8) is 0 Å². The van der Waals surface area contributed by atoms with Crippen molar-refractivity contribution in [1.82, 2.24) is 15.2 Å². The van der Waals surface area contributed by atoms with Crippen molar-refractivity contribution < 1.29 is 4.79 Å². The van der Waals surface area contributed by atoms with E-state index in [2.05, 4.69) is 27.1 Å². The predicted octanol–water partition coefficient (Wildman–Crippen LogP) is 2.49. The van der Waals surface area contributed by atoms with Crippen LogP contribution in [0.5, 0.6) is 0 Å². The molecule has 1 heterocycles. The van der Waals surface area contributed by atoms with Gasteiger partial charge < -0.3 is 10.2 Å². The number of amidine groups is 1. The van der Waals surface area contributed by atoms with Crippen molar-refractivity contribution in [1.29, 1.82) is 0 Å². The van der Waals surface area contributed by atoms with Gasteiger partial charge in [0.1, 0.15) is 11.5 Å². The van der Waals surface area contributed by atoms with Gasteiger partial charge in [-0.15, -0.1) is 0 Å². The van der Waals surface area contributed by atoms with E-state index in [1.807, 2.05) is 63.3 Å². The van der Waals surface area contributed by atoms with Crippen LogP contribution in [0.15, 0.2) is 47.6 Å². The average molecular weight is 334 g/mol. The van der Waals surface area contributed by atoms with E-state index in [1.165, 1.54) is 0 Å². The van der Waals surface area contributed by atoms with Gasteiger partial charge in [-0.25, -0.2) is 9.98 Å². The molecule has 0 radical (unpaired) electrons. The minimum atomic E-state index is 0.0535. The predicted molar refractivity (Wildman–Crippen MR) is 101 cm³/mol. The molecule has 1 aromatic heterocycles. The van der Waals surface area contributed by atoms with Gasteiger partial charge in [0.2, 0.25) is 0 Å². The minimum absolute atomic E-state index is 0.0535. The molecule has 1 atom stereocenters. The van der Waals surface area contributed by atoms with E-state index >= 15 is 0 Å². The van der Waals surface area contributed by atoms with Crippen LogP contribution in [-0.4, -0.2) is 49.2 Å². The van der Waals surface area contributed by atoms with E-state index < -0.39 is 0 Å². The van der Waals surface area contributed by atoms with Crippen LogP contribution >= 0.6 is 0 Å². The van der Waals surface area contributed by atoms with Gasteiger partial charge in [-0.05, 0) is 50.2 Å². The number of aliphatic imine (C=N–C) groups is 1. The van der Waals surface area contributed by atoms with E-state index in [4.69, 9.17) is 0 Å². The lowest BCUT2D eigenvalue weighted by Crippen LogP contribution is -2.39. The SMILES string of the molecule is CNC(C)C(=Nc1cc(C#Cc2ccccn2)ccc1C=O)N(C)C. The molecule has 0 saturated heterocycles. The van der Waals surface area contributed by atoms with Gasteiger partial charge in [0, 0.05) is 31.4 Å². The molecule has 128 valence electrons. The molecule has 0 saturated carbocycles. The number of carbonyl (C=O) groups excluding carboxylic acids is 1. The molecule has 2 aromatic rings. The van der Waals surface area contributed by atoms with Crippen LogP contribution in [0.3, 0.4) is 0 Å². The highest BCUT2D eigenvalue weighted by atomic mass is 16.1. The number of likely N-dealkylation sites (N-methyl/N-ethyl adjacent to an activating group) is 2. The van der Waals surface area contributed by atoms with Gasteiger partial charge in [0.15, 0.2) is 6.29 Å². The first-order valence-corrected chi connectivity index (χ1v) is 8.00. The summed E-state index contributed by atoms with van der Waals surface area (Å²) >= 11 is 0. The fourth-order valence-corrected chi connectivity index (χ4v) is 2.23. The van der Waals surface area contributed by atoms with E-state index in [1.54, 1.807) is 12.3 Å². The number of aldehydes is 1. The van der Waals surface area contributed by atoms with E-state index in [0.717, 1.165) is 17.7 Å². The van der Waals surface area contributed by atoms with Crippen LogP contribution in [0.4, 0.5) is 5.69 Å². The summed E-state index contributed by atoms with van der Waals surface area (Å²) < 4.78 is 0. The maximum absolute atomic E-state index is 11.4. The van der Waals surface area contributed by atoms with Crippen LogP contribution in [-0.2, 0) is 0 Å². The minimum Gasteiger partial charge on any atom is -0.365 e. The Balaban J connectivity index is 2.44. The van der Waals surface area contributed by atoms with Gasteiger partial charge in [-0.1, -0.05) is 12.0 Å². The number of hydrogen-bond donors (Lipinski definition) is 1. The van der Waals surface area contributed by atoms with Crippen molar-refractivity contribution in [3.8, 4) is 11.8 Å². The Morgan fingerprint density at radius 2 is 2.08 bits per heavy atom.